The van der Waals surface area contributed by atoms with Crippen LogP contribution in [0.25, 0.3) is 0 Å². The lowest BCUT2D eigenvalue weighted by Gasteiger charge is -2.41. The van der Waals surface area contributed by atoms with Crippen LogP contribution in [0.1, 0.15) is 18.9 Å². The van der Waals surface area contributed by atoms with Gasteiger partial charge in [0.05, 0.1) is 4.90 Å². The van der Waals surface area contributed by atoms with Crippen LogP contribution in [0.15, 0.2) is 41.4 Å². The molecule has 1 unspecified atom stereocenters. The summed E-state index contributed by atoms with van der Waals surface area (Å²) in [4.78, 5) is 0.339. The summed E-state index contributed by atoms with van der Waals surface area (Å²) in [6.07, 6.45) is 0.755. The second-order valence-corrected chi connectivity index (χ2v) is 6.05. The third-order valence-electron chi connectivity index (χ3n) is 2.82. The average molecular weight is 237 g/mol. The molecular formula is C12H15NO2S. The number of rotatable bonds is 2. The Morgan fingerprint density at radius 2 is 1.88 bits per heavy atom. The fourth-order valence-corrected chi connectivity index (χ4v) is 3.61. The first-order chi connectivity index (χ1) is 7.43. The van der Waals surface area contributed by atoms with E-state index in [0.29, 0.717) is 10.6 Å². The quantitative estimate of drug-likeness (QED) is 0.791. The highest BCUT2D eigenvalue weighted by molar-refractivity contribution is 7.89. The van der Waals surface area contributed by atoms with Crippen LogP contribution in [-0.4, -0.2) is 18.8 Å². The topological polar surface area (TPSA) is 37.4 Å². The van der Waals surface area contributed by atoms with Crippen LogP contribution in [0.4, 0.5) is 0 Å². The molecule has 0 bridgehead atoms. The van der Waals surface area contributed by atoms with Crippen LogP contribution in [0, 0.1) is 6.92 Å². The van der Waals surface area contributed by atoms with Gasteiger partial charge in [-0.15, -0.1) is 0 Å². The summed E-state index contributed by atoms with van der Waals surface area (Å²) in [6.45, 7) is 7.57. The zero-order chi connectivity index (χ0) is 11.9. The highest BCUT2D eigenvalue weighted by atomic mass is 32.2. The maximum atomic E-state index is 12.2. The predicted molar refractivity (Wildman–Crippen MR) is 63.4 cm³/mol. The van der Waals surface area contributed by atoms with Crippen molar-refractivity contribution >= 4 is 10.0 Å². The van der Waals surface area contributed by atoms with Crippen LogP contribution in [0.3, 0.4) is 0 Å². The van der Waals surface area contributed by atoms with Gasteiger partial charge in [-0.25, -0.2) is 8.42 Å². The zero-order valence-electron chi connectivity index (χ0n) is 9.47. The van der Waals surface area contributed by atoms with E-state index in [0.717, 1.165) is 12.0 Å². The molecule has 2 rings (SSSR count). The molecule has 1 aliphatic rings. The van der Waals surface area contributed by atoms with Crippen molar-refractivity contribution < 1.29 is 8.42 Å². The van der Waals surface area contributed by atoms with Crippen LogP contribution in [-0.2, 0) is 10.0 Å². The first-order valence-corrected chi connectivity index (χ1v) is 6.66. The molecule has 1 saturated heterocycles. The Labute approximate surface area is 96.4 Å². The number of hydrogen-bond donors (Lipinski definition) is 0. The van der Waals surface area contributed by atoms with Crippen molar-refractivity contribution in [1.29, 1.82) is 0 Å². The molecule has 1 atom stereocenters. The van der Waals surface area contributed by atoms with Crippen molar-refractivity contribution in [2.75, 3.05) is 0 Å². The smallest absolute Gasteiger partial charge is 0.264 e. The van der Waals surface area contributed by atoms with E-state index in [2.05, 4.69) is 6.58 Å². The number of benzene rings is 1. The molecule has 0 aliphatic carbocycles. The lowest BCUT2D eigenvalue weighted by Crippen LogP contribution is -2.46. The van der Waals surface area contributed by atoms with Gasteiger partial charge in [0.2, 0.25) is 0 Å². The molecule has 1 heterocycles. The third kappa shape index (κ3) is 1.63. The first kappa shape index (κ1) is 11.2. The summed E-state index contributed by atoms with van der Waals surface area (Å²) >= 11 is 0. The zero-order valence-corrected chi connectivity index (χ0v) is 10.3. The highest BCUT2D eigenvalue weighted by Crippen LogP contribution is 2.34. The van der Waals surface area contributed by atoms with E-state index < -0.39 is 10.0 Å². The van der Waals surface area contributed by atoms with Crippen molar-refractivity contribution in [3.63, 3.8) is 0 Å². The molecule has 0 saturated carbocycles. The summed E-state index contributed by atoms with van der Waals surface area (Å²) in [5, 5.41) is 0. The predicted octanol–water partition coefficient (Wildman–Crippen LogP) is 2.29. The van der Waals surface area contributed by atoms with Crippen molar-refractivity contribution in [1.82, 2.24) is 4.31 Å². The second kappa shape index (κ2) is 3.63. The maximum Gasteiger partial charge on any atom is 0.264 e. The van der Waals surface area contributed by atoms with E-state index in [-0.39, 0.29) is 6.04 Å². The van der Waals surface area contributed by atoms with E-state index in [1.54, 1.807) is 24.3 Å². The van der Waals surface area contributed by atoms with Gasteiger partial charge < -0.3 is 0 Å². The summed E-state index contributed by atoms with van der Waals surface area (Å²) < 4.78 is 25.8. The first-order valence-electron chi connectivity index (χ1n) is 5.22. The molecule has 1 fully saturated rings. The van der Waals surface area contributed by atoms with Crippen LogP contribution in [0.5, 0.6) is 0 Å². The molecule has 0 amide bonds. The molecule has 1 aromatic rings. The van der Waals surface area contributed by atoms with E-state index in [1.807, 2.05) is 13.8 Å². The summed E-state index contributed by atoms with van der Waals surface area (Å²) in [5.74, 6) is 0. The molecule has 0 N–H and O–H groups in total. The molecule has 16 heavy (non-hydrogen) atoms. The Bertz CT molecular complexity index is 516. The minimum Gasteiger partial charge on any atom is -0.268 e. The van der Waals surface area contributed by atoms with Crippen molar-refractivity contribution in [2.45, 2.75) is 31.2 Å². The van der Waals surface area contributed by atoms with Crippen LogP contribution in [0.2, 0.25) is 0 Å². The lowest BCUT2D eigenvalue weighted by atomic mass is 10.1. The Hall–Kier alpha value is -1.29. The highest BCUT2D eigenvalue weighted by Gasteiger charge is 2.37. The van der Waals surface area contributed by atoms with Gasteiger partial charge in [-0.1, -0.05) is 24.3 Å². The number of nitrogens with zero attached hydrogens (tertiary/aromatic N) is 1. The Balaban J connectivity index is 2.39. The van der Waals surface area contributed by atoms with Crippen LogP contribution >= 0.6 is 0 Å². The van der Waals surface area contributed by atoms with Gasteiger partial charge in [0, 0.05) is 18.2 Å². The van der Waals surface area contributed by atoms with E-state index in [9.17, 15) is 8.42 Å². The SMILES string of the molecule is C=C1CC(C)N1S(=O)(=O)c1ccc(C)cc1. The fourth-order valence-electron chi connectivity index (χ4n) is 1.94. The van der Waals surface area contributed by atoms with Crippen molar-refractivity contribution in [3.05, 3.63) is 42.1 Å². The van der Waals surface area contributed by atoms with Gasteiger partial charge in [0.15, 0.2) is 0 Å². The van der Waals surface area contributed by atoms with E-state index in [1.165, 1.54) is 4.31 Å². The Morgan fingerprint density at radius 3 is 2.31 bits per heavy atom. The van der Waals surface area contributed by atoms with Crippen molar-refractivity contribution in [2.24, 2.45) is 0 Å². The average Bonchev–Trinajstić information content (AvgIpc) is 2.16. The Kier molecular flexibility index (Phi) is 2.54. The van der Waals surface area contributed by atoms with Gasteiger partial charge in [-0.3, -0.25) is 4.31 Å². The normalized spacial score (nSPS) is 20.8. The van der Waals surface area contributed by atoms with Gasteiger partial charge >= 0.3 is 0 Å². The van der Waals surface area contributed by atoms with Crippen LogP contribution < -0.4 is 0 Å². The molecule has 1 aliphatic heterocycles. The molecule has 4 heteroatoms. The second-order valence-electron chi connectivity index (χ2n) is 4.23. The number of sulfonamides is 1. The molecule has 0 spiro atoms. The van der Waals surface area contributed by atoms with E-state index >= 15 is 0 Å². The van der Waals surface area contributed by atoms with Gasteiger partial charge in [-0.2, -0.15) is 0 Å². The molecule has 1 aromatic carbocycles. The summed E-state index contributed by atoms with van der Waals surface area (Å²) in [7, 11) is -3.38. The lowest BCUT2D eigenvalue weighted by molar-refractivity contribution is 0.292. The molecule has 0 radical (unpaired) electrons. The summed E-state index contributed by atoms with van der Waals surface area (Å²) in [6, 6.07) is 6.92. The van der Waals surface area contributed by atoms with Gasteiger partial charge in [-0.05, 0) is 26.0 Å². The molecule has 86 valence electrons. The molecule has 0 aromatic heterocycles. The largest absolute Gasteiger partial charge is 0.268 e. The van der Waals surface area contributed by atoms with Gasteiger partial charge in [0.1, 0.15) is 0 Å². The molecular weight excluding hydrogens is 222 g/mol. The van der Waals surface area contributed by atoms with E-state index in [4.69, 9.17) is 0 Å². The monoisotopic (exact) mass is 237 g/mol. The molecule has 3 nitrogen and oxygen atoms in total. The standard InChI is InChI=1S/C12H15NO2S/c1-9-4-6-12(7-5-9)16(14,15)13-10(2)8-11(13)3/h4-7,11H,2,8H2,1,3H3. The fraction of sp³-hybridized carbons (Fsp3) is 0.333. The maximum absolute atomic E-state index is 12.2. The summed E-state index contributed by atoms with van der Waals surface area (Å²) in [5.41, 5.74) is 1.72. The Morgan fingerprint density at radius 1 is 1.31 bits per heavy atom. The number of hydrogen-bond acceptors (Lipinski definition) is 2. The number of aryl methyl sites for hydroxylation is 1. The minimum atomic E-state index is -3.38. The minimum absolute atomic E-state index is 0.0267. The van der Waals surface area contributed by atoms with Crippen molar-refractivity contribution in [3.8, 4) is 0 Å². The van der Waals surface area contributed by atoms with Gasteiger partial charge in [0.25, 0.3) is 10.0 Å². The third-order valence-corrected chi connectivity index (χ3v) is 4.82.